The van der Waals surface area contributed by atoms with Crippen LogP contribution in [0.1, 0.15) is 15.9 Å². The van der Waals surface area contributed by atoms with Gasteiger partial charge in [-0.1, -0.05) is 42.5 Å². The Morgan fingerprint density at radius 1 is 1.15 bits per heavy atom. The number of rotatable bonds is 5. The molecule has 0 aliphatic carbocycles. The maximum atomic E-state index is 12.9. The van der Waals surface area contributed by atoms with Gasteiger partial charge in [-0.15, -0.1) is 0 Å². The van der Waals surface area contributed by atoms with E-state index in [0.29, 0.717) is 5.56 Å². The van der Waals surface area contributed by atoms with Crippen molar-refractivity contribution < 1.29 is 29.5 Å². The Balaban J connectivity index is 2.01. The van der Waals surface area contributed by atoms with Crippen LogP contribution in [-0.4, -0.2) is 47.9 Å². The van der Waals surface area contributed by atoms with E-state index in [1.165, 1.54) is 24.3 Å². The molecule has 3 N–H and O–H groups in total. The molecule has 1 heterocycles. The molecule has 1 aliphatic rings. The van der Waals surface area contributed by atoms with Crippen molar-refractivity contribution in [2.45, 2.75) is 17.4 Å². The first-order valence-corrected chi connectivity index (χ1v) is 9.09. The molecule has 134 valence electrons. The number of nitrogens with zero attached hydrogens (tertiary/aromatic N) is 1. The van der Waals surface area contributed by atoms with Crippen molar-refractivity contribution >= 4 is 29.1 Å². The first-order chi connectivity index (χ1) is 12.7. The molecule has 10 heteroatoms. The van der Waals surface area contributed by atoms with Crippen LogP contribution in [0.4, 0.5) is 0 Å². The molecule has 2 amide bonds. The van der Waals surface area contributed by atoms with Crippen LogP contribution in [0.25, 0.3) is 0 Å². The molecule has 3 rings (SSSR count). The summed E-state index contributed by atoms with van der Waals surface area (Å²) in [4.78, 5) is 25.2. The molecule has 0 saturated carbocycles. The smallest absolute Gasteiger partial charge is 0.413 e. The second-order valence-electron chi connectivity index (χ2n) is 5.61. The van der Waals surface area contributed by atoms with Crippen molar-refractivity contribution in [2.24, 2.45) is 0 Å². The van der Waals surface area contributed by atoms with E-state index < -0.39 is 35.1 Å². The summed E-state index contributed by atoms with van der Waals surface area (Å²) in [7, 11) is -6.77. The number of amides is 2. The lowest BCUT2D eigenvalue weighted by Crippen LogP contribution is -2.54. The van der Waals surface area contributed by atoms with Crippen LogP contribution in [0.2, 0.25) is 1.41 Å². The van der Waals surface area contributed by atoms with Crippen molar-refractivity contribution in [1.82, 2.24) is 9.53 Å². The number of sulfonamides is 1. The molecule has 2 aromatic carbocycles. The molecule has 0 fully saturated rings. The summed E-state index contributed by atoms with van der Waals surface area (Å²) in [5.41, 5.74) is 0.403. The summed E-state index contributed by atoms with van der Waals surface area (Å²) in [6.45, 7) is 0. The highest BCUT2D eigenvalue weighted by Gasteiger charge is 2.47. The highest BCUT2D eigenvalue weighted by Crippen LogP contribution is 2.30. The number of carbonyl (C=O) groups excluding carboxylic acids is 2. The van der Waals surface area contributed by atoms with Gasteiger partial charge >= 0.3 is 7.25 Å². The van der Waals surface area contributed by atoms with Crippen molar-refractivity contribution in [3.63, 3.8) is 0 Å². The second-order valence-corrected chi connectivity index (χ2v) is 7.37. The predicted octanol–water partition coefficient (Wildman–Crippen LogP) is -0.472. The molecule has 2 aromatic rings. The van der Waals surface area contributed by atoms with Gasteiger partial charge in [-0.3, -0.25) is 14.8 Å². The van der Waals surface area contributed by atoms with Crippen LogP contribution in [-0.2, 0) is 21.2 Å². The van der Waals surface area contributed by atoms with E-state index in [0.717, 1.165) is 0 Å². The average molecular weight is 375 g/mol. The van der Waals surface area contributed by atoms with Gasteiger partial charge in [0.25, 0.3) is 21.8 Å². The molecule has 0 spiro atoms. The predicted molar refractivity (Wildman–Crippen MR) is 92.1 cm³/mol. The molecular weight excluding hydrogens is 359 g/mol. The third-order valence-electron chi connectivity index (χ3n) is 3.89. The topological polar surface area (TPSA) is 124 Å². The van der Waals surface area contributed by atoms with Crippen LogP contribution in [0.3, 0.4) is 0 Å². The molecule has 0 saturated heterocycles. The lowest BCUT2D eigenvalue weighted by molar-refractivity contribution is -0.126. The van der Waals surface area contributed by atoms with Crippen LogP contribution >= 0.6 is 0 Å². The van der Waals surface area contributed by atoms with Crippen molar-refractivity contribution in [3.05, 3.63) is 65.7 Å². The van der Waals surface area contributed by atoms with Gasteiger partial charge in [-0.25, -0.2) is 8.42 Å². The van der Waals surface area contributed by atoms with Crippen LogP contribution < -0.4 is 5.22 Å². The van der Waals surface area contributed by atoms with E-state index in [1.807, 2.05) is 0 Å². The summed E-state index contributed by atoms with van der Waals surface area (Å²) >= 11 is 0. The summed E-state index contributed by atoms with van der Waals surface area (Å²) < 4.78 is 33.2. The fourth-order valence-corrected chi connectivity index (χ4v) is 4.30. The lowest BCUT2D eigenvalue weighted by atomic mass is 10.00. The molecular formula is C16H15BN2O6S. The van der Waals surface area contributed by atoms with Gasteiger partial charge in [0.05, 0.1) is 11.6 Å². The van der Waals surface area contributed by atoms with Gasteiger partial charge in [0, 0.05) is 0 Å². The second kappa shape index (κ2) is 7.00. The highest BCUT2D eigenvalue weighted by molar-refractivity contribution is 7.90. The number of fused-ring (bicyclic) bond motifs is 1. The normalized spacial score (nSPS) is 17.0. The SMILES string of the molecule is [2H]N(B(O)O)[C@@H](Cc1ccccc1)C(=O)N1C(=O)c2ccccc2S1(=O)=O. The maximum Gasteiger partial charge on any atom is 0.549 e. The van der Waals surface area contributed by atoms with Gasteiger partial charge < -0.3 is 10.0 Å². The molecule has 0 aromatic heterocycles. The Morgan fingerprint density at radius 3 is 2.38 bits per heavy atom. The maximum absolute atomic E-state index is 12.9. The fourth-order valence-electron chi connectivity index (χ4n) is 2.74. The summed E-state index contributed by atoms with van der Waals surface area (Å²) in [6.07, 6.45) is -0.198. The molecule has 26 heavy (non-hydrogen) atoms. The van der Waals surface area contributed by atoms with Gasteiger partial charge in [0.1, 0.15) is 6.31 Å². The number of hydrogen-bond acceptors (Lipinski definition) is 7. The van der Waals surface area contributed by atoms with Crippen LogP contribution in [0.15, 0.2) is 59.5 Å². The Kier molecular flexibility index (Phi) is 4.56. The van der Waals surface area contributed by atoms with Gasteiger partial charge in [0.2, 0.25) is 0 Å². The van der Waals surface area contributed by atoms with Gasteiger partial charge in [0.15, 0.2) is 0 Å². The average Bonchev–Trinajstić information content (AvgIpc) is 2.86. The Morgan fingerprint density at radius 2 is 1.77 bits per heavy atom. The van der Waals surface area contributed by atoms with Crippen molar-refractivity contribution in [2.75, 3.05) is 0 Å². The Labute approximate surface area is 151 Å². The molecule has 8 nitrogen and oxygen atoms in total. The van der Waals surface area contributed by atoms with E-state index in [1.54, 1.807) is 30.3 Å². The standard InChI is InChI=1S/C16H15BN2O6S/c20-15-12-8-4-5-9-14(12)26(24,25)19(15)16(21)13(18-17(22)23)10-11-6-2-1-3-7-11/h1-9,13,18,22-23H,10H2/t13-/m0/s1/i/hD. The highest BCUT2D eigenvalue weighted by atomic mass is 32.2. The molecule has 1 aliphatic heterocycles. The third kappa shape index (κ3) is 3.27. The van der Waals surface area contributed by atoms with E-state index in [4.69, 9.17) is 1.41 Å². The molecule has 1 atom stereocenters. The largest absolute Gasteiger partial charge is 0.549 e. The number of nitrogens with one attached hydrogen (secondary N) is 1. The van der Waals surface area contributed by atoms with Gasteiger partial charge in [-0.05, 0) is 24.1 Å². The van der Waals surface area contributed by atoms with Crippen molar-refractivity contribution in [3.8, 4) is 0 Å². The summed E-state index contributed by atoms with van der Waals surface area (Å²) in [5, 5.41) is 18.8. The van der Waals surface area contributed by atoms with Gasteiger partial charge in [-0.2, -0.15) is 4.31 Å². The van der Waals surface area contributed by atoms with E-state index in [9.17, 15) is 28.1 Å². The number of benzene rings is 2. The van der Waals surface area contributed by atoms with E-state index >= 15 is 0 Å². The minimum Gasteiger partial charge on any atom is -0.413 e. The molecule has 0 radical (unpaired) electrons. The zero-order chi connectivity index (χ0) is 19.8. The zero-order valence-corrected chi connectivity index (χ0v) is 14.2. The minimum atomic E-state index is -4.43. The van der Waals surface area contributed by atoms with Crippen molar-refractivity contribution in [1.29, 1.82) is 0 Å². The van der Waals surface area contributed by atoms with E-state index in [2.05, 4.69) is 0 Å². The Hall–Kier alpha value is -2.53. The number of hydrogen-bond donors (Lipinski definition) is 3. The summed E-state index contributed by atoms with van der Waals surface area (Å²) in [6, 6.07) is 12.1. The fraction of sp³-hybridized carbons (Fsp3) is 0.125. The summed E-state index contributed by atoms with van der Waals surface area (Å²) in [5.74, 6) is -2.27. The molecule has 0 bridgehead atoms. The lowest BCUT2D eigenvalue weighted by Gasteiger charge is -2.22. The third-order valence-corrected chi connectivity index (χ3v) is 5.63. The molecule has 0 unspecified atom stereocenters. The first-order valence-electron chi connectivity index (χ1n) is 8.09. The van der Waals surface area contributed by atoms with Crippen LogP contribution in [0, 0.1) is 0 Å². The zero-order valence-electron chi connectivity index (χ0n) is 14.4. The first kappa shape index (κ1) is 16.9. The van der Waals surface area contributed by atoms with Crippen LogP contribution in [0.5, 0.6) is 0 Å². The van der Waals surface area contributed by atoms with E-state index in [-0.39, 0.29) is 26.4 Å². The Bertz CT molecular complexity index is 985. The minimum absolute atomic E-state index is 0.0925. The number of imide groups is 1. The monoisotopic (exact) mass is 375 g/mol. The number of carbonyl (C=O) groups is 2. The quantitative estimate of drug-likeness (QED) is 0.604.